The van der Waals surface area contributed by atoms with Crippen LogP contribution in [0.15, 0.2) is 6.33 Å². The Hall–Kier alpha value is -1.43. The van der Waals surface area contributed by atoms with Gasteiger partial charge in [0.15, 0.2) is 0 Å². The predicted molar refractivity (Wildman–Crippen MR) is 53.8 cm³/mol. The van der Waals surface area contributed by atoms with Gasteiger partial charge in [-0.05, 0) is 13.0 Å². The molecule has 0 aromatic carbocycles. The van der Waals surface area contributed by atoms with Crippen molar-refractivity contribution in [2.24, 2.45) is 5.92 Å². The number of H-pyrrole nitrogens is 1. The summed E-state index contributed by atoms with van der Waals surface area (Å²) in [4.78, 5) is 17.6. The van der Waals surface area contributed by atoms with Crippen LogP contribution in [0.25, 0.3) is 0 Å². The van der Waals surface area contributed by atoms with Gasteiger partial charge in [-0.2, -0.15) is 5.10 Å². The summed E-state index contributed by atoms with van der Waals surface area (Å²) in [6.45, 7) is 2.22. The van der Waals surface area contributed by atoms with E-state index < -0.39 is 0 Å². The molecule has 1 aromatic rings. The molecule has 0 aliphatic carbocycles. The van der Waals surface area contributed by atoms with Crippen LogP contribution in [-0.2, 0) is 11.3 Å². The maximum Gasteiger partial charge on any atom is 0.227 e. The van der Waals surface area contributed by atoms with Gasteiger partial charge >= 0.3 is 0 Å². The number of hydrogen-bond donors (Lipinski definition) is 2. The lowest BCUT2D eigenvalue weighted by molar-refractivity contribution is -0.134. The first-order chi connectivity index (χ1) is 7.27. The van der Waals surface area contributed by atoms with Gasteiger partial charge in [-0.25, -0.2) is 4.98 Å². The van der Waals surface area contributed by atoms with Crippen molar-refractivity contribution in [1.29, 1.82) is 0 Å². The second-order valence-electron chi connectivity index (χ2n) is 3.82. The largest absolute Gasteiger partial charge is 0.338 e. The fraction of sp³-hybridized carbons (Fsp3) is 0.667. The fourth-order valence-electron chi connectivity index (χ4n) is 1.79. The smallest absolute Gasteiger partial charge is 0.227 e. The van der Waals surface area contributed by atoms with Crippen LogP contribution >= 0.6 is 0 Å². The zero-order valence-corrected chi connectivity index (χ0v) is 8.73. The Morgan fingerprint density at radius 2 is 2.60 bits per heavy atom. The molecule has 1 amide bonds. The third-order valence-corrected chi connectivity index (χ3v) is 2.64. The number of amides is 1. The number of carbonyl (C=O) groups excluding carboxylic acids is 1. The summed E-state index contributed by atoms with van der Waals surface area (Å²) in [5.74, 6) is 1.02. The van der Waals surface area contributed by atoms with Crippen molar-refractivity contribution < 1.29 is 4.79 Å². The summed E-state index contributed by atoms with van der Waals surface area (Å²) < 4.78 is 0. The molecule has 1 unspecified atom stereocenters. The van der Waals surface area contributed by atoms with Crippen molar-refractivity contribution >= 4 is 5.91 Å². The lowest BCUT2D eigenvalue weighted by Gasteiger charge is -2.19. The summed E-state index contributed by atoms with van der Waals surface area (Å²) in [7, 11) is 1.79. The highest BCUT2D eigenvalue weighted by Crippen LogP contribution is 2.11. The molecule has 6 heteroatoms. The van der Waals surface area contributed by atoms with Crippen molar-refractivity contribution in [3.05, 3.63) is 12.2 Å². The highest BCUT2D eigenvalue weighted by molar-refractivity contribution is 5.79. The van der Waals surface area contributed by atoms with E-state index in [-0.39, 0.29) is 11.8 Å². The van der Waals surface area contributed by atoms with Crippen LogP contribution in [0, 0.1) is 5.92 Å². The Kier molecular flexibility index (Phi) is 2.96. The van der Waals surface area contributed by atoms with E-state index in [0.29, 0.717) is 6.54 Å². The molecule has 1 saturated heterocycles. The minimum Gasteiger partial charge on any atom is -0.338 e. The third kappa shape index (κ3) is 2.33. The Morgan fingerprint density at radius 1 is 1.73 bits per heavy atom. The summed E-state index contributed by atoms with van der Waals surface area (Å²) in [5.41, 5.74) is 0. The number of hydrogen-bond acceptors (Lipinski definition) is 4. The van der Waals surface area contributed by atoms with Crippen LogP contribution in [0.3, 0.4) is 0 Å². The van der Waals surface area contributed by atoms with E-state index in [1.165, 1.54) is 6.33 Å². The minimum absolute atomic E-state index is 0.123. The van der Waals surface area contributed by atoms with Gasteiger partial charge in [-0.3, -0.25) is 9.89 Å². The Balaban J connectivity index is 1.89. The SMILES string of the molecule is CN(Cc1ncn[nH]1)C(=O)C1CCNC1. The van der Waals surface area contributed by atoms with Crippen molar-refractivity contribution in [3.8, 4) is 0 Å². The molecule has 1 atom stereocenters. The number of aromatic amines is 1. The average Bonchev–Trinajstić information content (AvgIpc) is 2.88. The maximum atomic E-state index is 11.9. The molecule has 2 rings (SSSR count). The van der Waals surface area contributed by atoms with Gasteiger partial charge in [0, 0.05) is 13.6 Å². The summed E-state index contributed by atoms with van der Waals surface area (Å²) in [5, 5.41) is 9.67. The van der Waals surface area contributed by atoms with Crippen molar-refractivity contribution in [2.45, 2.75) is 13.0 Å². The van der Waals surface area contributed by atoms with E-state index in [1.54, 1.807) is 11.9 Å². The third-order valence-electron chi connectivity index (χ3n) is 2.64. The molecule has 2 N–H and O–H groups in total. The van der Waals surface area contributed by atoms with Crippen LogP contribution in [0.1, 0.15) is 12.2 Å². The van der Waals surface area contributed by atoms with Crippen LogP contribution in [0.4, 0.5) is 0 Å². The first-order valence-corrected chi connectivity index (χ1v) is 5.07. The molecule has 0 saturated carbocycles. The van der Waals surface area contributed by atoms with Gasteiger partial charge in [-0.1, -0.05) is 0 Å². The zero-order chi connectivity index (χ0) is 10.7. The zero-order valence-electron chi connectivity index (χ0n) is 8.73. The van der Waals surface area contributed by atoms with Gasteiger partial charge in [0.05, 0.1) is 12.5 Å². The molecule has 1 fully saturated rings. The van der Waals surface area contributed by atoms with Gasteiger partial charge in [0.1, 0.15) is 12.2 Å². The molecule has 6 nitrogen and oxygen atoms in total. The van der Waals surface area contributed by atoms with Gasteiger partial charge < -0.3 is 10.2 Å². The Labute approximate surface area is 88.1 Å². The molecule has 1 aliphatic heterocycles. The molecule has 1 aromatic heterocycles. The van der Waals surface area contributed by atoms with E-state index in [2.05, 4.69) is 20.5 Å². The van der Waals surface area contributed by atoms with Crippen LogP contribution in [0.5, 0.6) is 0 Å². The summed E-state index contributed by atoms with van der Waals surface area (Å²) in [6.07, 6.45) is 2.38. The van der Waals surface area contributed by atoms with E-state index >= 15 is 0 Å². The highest BCUT2D eigenvalue weighted by Gasteiger charge is 2.25. The topological polar surface area (TPSA) is 73.9 Å². The first kappa shape index (κ1) is 10.1. The normalized spacial score (nSPS) is 20.5. The standard InChI is InChI=1S/C9H15N5O/c1-14(5-8-11-6-12-13-8)9(15)7-2-3-10-4-7/h6-7,10H,2-5H2,1H3,(H,11,12,13). The predicted octanol–water partition coefficient (Wildman–Crippen LogP) is -0.627. The number of rotatable bonds is 3. The Bertz CT molecular complexity index is 317. The van der Waals surface area contributed by atoms with Crippen molar-refractivity contribution in [2.75, 3.05) is 20.1 Å². The number of nitrogens with zero attached hydrogens (tertiary/aromatic N) is 3. The number of nitrogens with one attached hydrogen (secondary N) is 2. The quantitative estimate of drug-likeness (QED) is 0.695. The van der Waals surface area contributed by atoms with Crippen molar-refractivity contribution in [3.63, 3.8) is 0 Å². The van der Waals surface area contributed by atoms with Gasteiger partial charge in [0.2, 0.25) is 5.91 Å². The molecule has 0 bridgehead atoms. The van der Waals surface area contributed by atoms with E-state index in [1.807, 2.05) is 0 Å². The molecule has 82 valence electrons. The molecule has 0 spiro atoms. The summed E-state index contributed by atoms with van der Waals surface area (Å²) in [6, 6.07) is 0. The molecule has 2 heterocycles. The second-order valence-corrected chi connectivity index (χ2v) is 3.82. The van der Waals surface area contributed by atoms with Gasteiger partial charge in [-0.15, -0.1) is 0 Å². The lowest BCUT2D eigenvalue weighted by Crippen LogP contribution is -2.33. The first-order valence-electron chi connectivity index (χ1n) is 5.07. The van der Waals surface area contributed by atoms with Crippen LogP contribution in [-0.4, -0.2) is 46.1 Å². The monoisotopic (exact) mass is 209 g/mol. The molecular weight excluding hydrogens is 194 g/mol. The molecule has 1 aliphatic rings. The highest BCUT2D eigenvalue weighted by atomic mass is 16.2. The number of carbonyl (C=O) groups is 1. The number of aromatic nitrogens is 3. The second kappa shape index (κ2) is 4.39. The van der Waals surface area contributed by atoms with E-state index in [0.717, 1.165) is 25.3 Å². The van der Waals surface area contributed by atoms with E-state index in [9.17, 15) is 4.79 Å². The molecule has 15 heavy (non-hydrogen) atoms. The van der Waals surface area contributed by atoms with E-state index in [4.69, 9.17) is 0 Å². The molecular formula is C9H15N5O. The lowest BCUT2D eigenvalue weighted by atomic mass is 10.1. The summed E-state index contributed by atoms with van der Waals surface area (Å²) >= 11 is 0. The fourth-order valence-corrected chi connectivity index (χ4v) is 1.79. The van der Waals surface area contributed by atoms with Crippen molar-refractivity contribution in [1.82, 2.24) is 25.4 Å². The average molecular weight is 209 g/mol. The van der Waals surface area contributed by atoms with Crippen LogP contribution < -0.4 is 5.32 Å². The molecule has 0 radical (unpaired) electrons. The maximum absolute atomic E-state index is 11.9. The minimum atomic E-state index is 0.123. The van der Waals surface area contributed by atoms with Crippen LogP contribution in [0.2, 0.25) is 0 Å². The van der Waals surface area contributed by atoms with Gasteiger partial charge in [0.25, 0.3) is 0 Å². The Morgan fingerprint density at radius 3 is 3.20 bits per heavy atom.